The fraction of sp³-hybridized carbons (Fsp3) is 0.200. The lowest BCUT2D eigenvalue weighted by Gasteiger charge is -2.23. The predicted molar refractivity (Wildman–Crippen MR) is 164 cm³/mol. The first kappa shape index (κ1) is 30.0. The second-order valence-electron chi connectivity index (χ2n) is 9.33. The number of ketones is 1. The van der Waals surface area contributed by atoms with E-state index in [1.165, 1.54) is 28.8 Å². The van der Waals surface area contributed by atoms with E-state index in [1.807, 2.05) is 0 Å². The third-order valence-electron chi connectivity index (χ3n) is 6.48. The maximum atomic E-state index is 13.5. The minimum absolute atomic E-state index is 0.117. The van der Waals surface area contributed by atoms with Gasteiger partial charge in [0.2, 0.25) is 5.13 Å². The lowest BCUT2D eigenvalue weighted by molar-refractivity contribution is -0.132. The van der Waals surface area contributed by atoms with Crippen molar-refractivity contribution in [3.63, 3.8) is 0 Å². The molecule has 0 radical (unpaired) electrons. The van der Waals surface area contributed by atoms with Gasteiger partial charge in [-0.15, -0.1) is 10.2 Å². The fourth-order valence-electron chi connectivity index (χ4n) is 4.31. The Labute approximate surface area is 259 Å². The van der Waals surface area contributed by atoms with Gasteiger partial charge in [-0.25, -0.2) is 4.39 Å². The monoisotopic (exact) mass is 643 g/mol. The number of rotatable bonds is 10. The quantitative estimate of drug-likeness (QED) is 0.0466. The Morgan fingerprint density at radius 2 is 1.79 bits per heavy atom. The molecule has 12 heteroatoms. The van der Waals surface area contributed by atoms with E-state index >= 15 is 0 Å². The number of nitrogens with zero attached hydrogens (tertiary/aromatic N) is 3. The molecule has 0 bridgehead atoms. The maximum Gasteiger partial charge on any atom is 0.301 e. The number of thioether (sulfide) groups is 1. The molecule has 0 saturated carbocycles. The topological polar surface area (TPSA) is 92.6 Å². The molecule has 1 aliphatic heterocycles. The number of anilines is 1. The van der Waals surface area contributed by atoms with E-state index in [-0.39, 0.29) is 27.3 Å². The Balaban J connectivity index is 1.50. The van der Waals surface area contributed by atoms with Crippen LogP contribution in [0.4, 0.5) is 9.52 Å². The van der Waals surface area contributed by atoms with Gasteiger partial charge in [0.15, 0.2) is 4.34 Å². The standard InChI is InChI=1S/C30H24Cl2FN3O4S2/c1-2-3-14-40-21-11-6-18(7-12-21)26(37)24-25(19-8-13-22(31)23(32)15-19)36(28(39)27(24)38)29-34-35-30(42-29)41-16-17-4-9-20(33)10-5-17/h4-13,15,25,37H,2-3,14,16H2,1H3/t25-/m0/s1. The second kappa shape index (κ2) is 13.2. The first-order chi connectivity index (χ1) is 20.3. The number of carbonyl (C=O) groups excluding carboxylic acids is 2. The molecule has 216 valence electrons. The number of ether oxygens (including phenoxy) is 1. The van der Waals surface area contributed by atoms with Crippen LogP contribution in [0.5, 0.6) is 5.75 Å². The van der Waals surface area contributed by atoms with Crippen LogP contribution in [0.1, 0.15) is 42.5 Å². The van der Waals surface area contributed by atoms with Crippen molar-refractivity contribution >= 4 is 68.9 Å². The van der Waals surface area contributed by atoms with Crippen molar-refractivity contribution in [2.45, 2.75) is 35.9 Å². The average Bonchev–Trinajstić information content (AvgIpc) is 3.56. The summed E-state index contributed by atoms with van der Waals surface area (Å²) in [6.45, 7) is 2.63. The van der Waals surface area contributed by atoms with Crippen LogP contribution in [-0.2, 0) is 15.3 Å². The number of halogens is 3. The first-order valence-electron chi connectivity index (χ1n) is 13.0. The summed E-state index contributed by atoms with van der Waals surface area (Å²) in [4.78, 5) is 28.1. The van der Waals surface area contributed by atoms with Crippen LogP contribution in [0.2, 0.25) is 10.0 Å². The number of aliphatic hydroxyl groups excluding tert-OH is 1. The van der Waals surface area contributed by atoms with Gasteiger partial charge in [0, 0.05) is 11.3 Å². The molecule has 1 fully saturated rings. The number of benzene rings is 3. The highest BCUT2D eigenvalue weighted by Crippen LogP contribution is 2.45. The largest absolute Gasteiger partial charge is 0.507 e. The van der Waals surface area contributed by atoms with Crippen LogP contribution in [-0.4, -0.2) is 33.6 Å². The summed E-state index contributed by atoms with van der Waals surface area (Å²) in [5.74, 6) is -1.28. The molecule has 0 spiro atoms. The lowest BCUT2D eigenvalue weighted by atomic mass is 9.95. The van der Waals surface area contributed by atoms with Gasteiger partial charge in [-0.1, -0.05) is 77.8 Å². The Morgan fingerprint density at radius 1 is 1.05 bits per heavy atom. The summed E-state index contributed by atoms with van der Waals surface area (Å²) in [6.07, 6.45) is 1.91. The van der Waals surface area contributed by atoms with E-state index in [4.69, 9.17) is 27.9 Å². The second-order valence-corrected chi connectivity index (χ2v) is 12.3. The molecule has 4 aromatic rings. The molecule has 2 heterocycles. The Hall–Kier alpha value is -3.44. The van der Waals surface area contributed by atoms with Crippen molar-refractivity contribution in [2.24, 2.45) is 0 Å². The molecule has 42 heavy (non-hydrogen) atoms. The number of aromatic nitrogens is 2. The number of amides is 1. The van der Waals surface area contributed by atoms with Crippen molar-refractivity contribution in [3.05, 3.63) is 105 Å². The third kappa shape index (κ3) is 6.47. The molecule has 0 unspecified atom stereocenters. The number of Topliss-reactive ketones (excluding diaryl/α,β-unsaturated/α-hetero) is 1. The van der Waals surface area contributed by atoms with Crippen LogP contribution in [0.25, 0.3) is 5.76 Å². The number of hydrogen-bond donors (Lipinski definition) is 1. The smallest absolute Gasteiger partial charge is 0.301 e. The predicted octanol–water partition coefficient (Wildman–Crippen LogP) is 8.08. The maximum absolute atomic E-state index is 13.5. The SMILES string of the molecule is CCCCOc1ccc(C(O)=C2C(=O)C(=O)N(c3nnc(SCc4ccc(F)cc4)s3)[C@H]2c2ccc(Cl)c(Cl)c2)cc1. The molecule has 1 amide bonds. The number of carbonyl (C=O) groups is 2. The Bertz CT molecular complexity index is 1650. The van der Waals surface area contributed by atoms with Crippen molar-refractivity contribution < 1.29 is 23.8 Å². The van der Waals surface area contributed by atoms with E-state index in [0.29, 0.717) is 38.6 Å². The fourth-order valence-corrected chi connectivity index (χ4v) is 6.44. The summed E-state index contributed by atoms with van der Waals surface area (Å²) >= 11 is 15.0. The van der Waals surface area contributed by atoms with Gasteiger partial charge >= 0.3 is 5.91 Å². The van der Waals surface area contributed by atoms with E-state index in [0.717, 1.165) is 29.7 Å². The summed E-state index contributed by atoms with van der Waals surface area (Å²) in [5.41, 5.74) is 1.57. The molecular formula is C30H24Cl2FN3O4S2. The van der Waals surface area contributed by atoms with Gasteiger partial charge in [0.05, 0.1) is 28.3 Å². The Morgan fingerprint density at radius 3 is 2.48 bits per heavy atom. The van der Waals surface area contributed by atoms with Gasteiger partial charge < -0.3 is 9.84 Å². The normalized spacial score (nSPS) is 16.3. The third-order valence-corrected chi connectivity index (χ3v) is 9.34. The summed E-state index contributed by atoms with van der Waals surface area (Å²) in [6, 6.07) is 16.5. The molecular weight excluding hydrogens is 620 g/mol. The highest BCUT2D eigenvalue weighted by molar-refractivity contribution is 8.00. The van der Waals surface area contributed by atoms with E-state index in [1.54, 1.807) is 54.6 Å². The van der Waals surface area contributed by atoms with Gasteiger partial charge in [0.25, 0.3) is 5.78 Å². The Kier molecular flexibility index (Phi) is 9.47. The first-order valence-corrected chi connectivity index (χ1v) is 15.5. The van der Waals surface area contributed by atoms with E-state index < -0.39 is 17.7 Å². The van der Waals surface area contributed by atoms with Gasteiger partial charge in [-0.3, -0.25) is 14.5 Å². The van der Waals surface area contributed by atoms with Gasteiger partial charge in [-0.05, 0) is 66.1 Å². The number of unbranched alkanes of at least 4 members (excludes halogenated alkanes) is 1. The highest BCUT2D eigenvalue weighted by atomic mass is 35.5. The zero-order valence-corrected chi connectivity index (χ0v) is 25.4. The number of aliphatic hydroxyl groups is 1. The minimum atomic E-state index is -1.04. The van der Waals surface area contributed by atoms with Crippen LogP contribution >= 0.6 is 46.3 Å². The molecule has 1 saturated heterocycles. The molecule has 1 aromatic heterocycles. The molecule has 1 atom stereocenters. The average molecular weight is 645 g/mol. The van der Waals surface area contributed by atoms with Crippen molar-refractivity contribution in [2.75, 3.05) is 11.5 Å². The lowest BCUT2D eigenvalue weighted by Crippen LogP contribution is -2.29. The zero-order valence-electron chi connectivity index (χ0n) is 22.2. The number of hydrogen-bond acceptors (Lipinski definition) is 8. The zero-order chi connectivity index (χ0) is 29.8. The summed E-state index contributed by atoms with van der Waals surface area (Å²) in [7, 11) is 0. The molecule has 1 aliphatic rings. The highest BCUT2D eigenvalue weighted by Gasteiger charge is 2.48. The molecule has 0 aliphatic carbocycles. The summed E-state index contributed by atoms with van der Waals surface area (Å²) in [5, 5.41) is 20.5. The molecule has 1 N–H and O–H groups in total. The van der Waals surface area contributed by atoms with Crippen LogP contribution in [0.15, 0.2) is 76.6 Å². The van der Waals surface area contributed by atoms with Gasteiger partial charge in [-0.2, -0.15) is 0 Å². The molecule has 3 aromatic carbocycles. The van der Waals surface area contributed by atoms with Crippen molar-refractivity contribution in [1.82, 2.24) is 10.2 Å². The van der Waals surface area contributed by atoms with E-state index in [2.05, 4.69) is 17.1 Å². The van der Waals surface area contributed by atoms with Crippen LogP contribution < -0.4 is 9.64 Å². The summed E-state index contributed by atoms with van der Waals surface area (Å²) < 4.78 is 19.5. The van der Waals surface area contributed by atoms with Crippen molar-refractivity contribution in [1.29, 1.82) is 0 Å². The van der Waals surface area contributed by atoms with Crippen LogP contribution in [0.3, 0.4) is 0 Å². The molecule has 5 rings (SSSR count). The van der Waals surface area contributed by atoms with Crippen molar-refractivity contribution in [3.8, 4) is 5.75 Å². The van der Waals surface area contributed by atoms with E-state index in [9.17, 15) is 19.1 Å². The van der Waals surface area contributed by atoms with Gasteiger partial charge in [0.1, 0.15) is 17.3 Å². The van der Waals surface area contributed by atoms with Crippen LogP contribution in [0, 0.1) is 5.82 Å². The molecule has 7 nitrogen and oxygen atoms in total. The minimum Gasteiger partial charge on any atom is -0.507 e.